The second-order valence-electron chi connectivity index (χ2n) is 3.07. The Bertz CT molecular complexity index is 289. The van der Waals surface area contributed by atoms with Crippen molar-refractivity contribution >= 4 is 11.3 Å². The van der Waals surface area contributed by atoms with Crippen LogP contribution < -0.4 is 5.32 Å². The third kappa shape index (κ3) is 3.42. The van der Waals surface area contributed by atoms with E-state index < -0.39 is 24.9 Å². The van der Waals surface area contributed by atoms with Crippen LogP contribution in [-0.2, 0) is 0 Å². The summed E-state index contributed by atoms with van der Waals surface area (Å²) in [4.78, 5) is 4.50. The van der Waals surface area contributed by atoms with Gasteiger partial charge in [-0.3, -0.25) is 4.98 Å². The van der Waals surface area contributed by atoms with Crippen molar-refractivity contribution in [3.63, 3.8) is 0 Å². The van der Waals surface area contributed by atoms with Crippen LogP contribution in [0.1, 0.15) is 17.8 Å². The van der Waals surface area contributed by atoms with Gasteiger partial charge in [0.25, 0.3) is 0 Å². The van der Waals surface area contributed by atoms with Crippen molar-refractivity contribution in [2.24, 2.45) is 0 Å². The summed E-state index contributed by atoms with van der Waals surface area (Å²) in [6.07, 6.45) is -2.12. The number of thiazole rings is 1. The molecule has 0 amide bonds. The fraction of sp³-hybridized carbons (Fsp3) is 0.625. The first-order chi connectivity index (χ1) is 6.93. The van der Waals surface area contributed by atoms with Crippen molar-refractivity contribution < 1.29 is 17.6 Å². The normalized spacial score (nSPS) is 14.5. The van der Waals surface area contributed by atoms with E-state index in [1.54, 1.807) is 12.4 Å². The van der Waals surface area contributed by atoms with Gasteiger partial charge in [-0.05, 0) is 6.92 Å². The Morgan fingerprint density at radius 2 is 2.20 bits per heavy atom. The Morgan fingerprint density at radius 3 is 2.67 bits per heavy atom. The van der Waals surface area contributed by atoms with E-state index in [2.05, 4.69) is 10.3 Å². The summed E-state index contributed by atoms with van der Waals surface area (Å²) in [6, 6.07) is -0.401. The van der Waals surface area contributed by atoms with Crippen molar-refractivity contribution in [3.05, 3.63) is 16.6 Å². The van der Waals surface area contributed by atoms with Crippen LogP contribution in [0.5, 0.6) is 0 Å². The van der Waals surface area contributed by atoms with Gasteiger partial charge in [0, 0.05) is 17.1 Å². The minimum Gasteiger partial charge on any atom is -0.304 e. The van der Waals surface area contributed by atoms with Gasteiger partial charge in [0.2, 0.25) is 0 Å². The Balaban J connectivity index is 2.44. The maximum atomic E-state index is 12.5. The number of halogens is 4. The Labute approximate surface area is 88.3 Å². The summed E-state index contributed by atoms with van der Waals surface area (Å²) in [5, 5.41) is 2.35. The molecule has 1 heterocycles. The van der Waals surface area contributed by atoms with E-state index >= 15 is 0 Å². The molecule has 0 aliphatic heterocycles. The summed E-state index contributed by atoms with van der Waals surface area (Å²) < 4.78 is 48.7. The average molecular weight is 242 g/mol. The highest BCUT2D eigenvalue weighted by atomic mass is 32.1. The van der Waals surface area contributed by atoms with Gasteiger partial charge >= 0.3 is 12.3 Å². The molecule has 1 aromatic heterocycles. The van der Waals surface area contributed by atoms with Crippen LogP contribution in [0, 0.1) is 0 Å². The zero-order valence-corrected chi connectivity index (χ0v) is 8.70. The van der Waals surface area contributed by atoms with Crippen LogP contribution in [0.25, 0.3) is 0 Å². The Kier molecular flexibility index (Phi) is 4.04. The van der Waals surface area contributed by atoms with Gasteiger partial charge in [-0.15, -0.1) is 11.3 Å². The molecule has 7 heteroatoms. The highest BCUT2D eigenvalue weighted by Gasteiger charge is 2.40. The molecule has 86 valence electrons. The van der Waals surface area contributed by atoms with Crippen LogP contribution in [0.3, 0.4) is 0 Å². The molecule has 1 N–H and O–H groups in total. The van der Waals surface area contributed by atoms with E-state index in [4.69, 9.17) is 0 Å². The standard InChI is InChI=1S/C8H10F4N2S/c1-5(6-2-13-4-15-6)14-3-8(11,12)7(9)10/h2,4-5,7,14H,3H2,1H3. The van der Waals surface area contributed by atoms with Crippen molar-refractivity contribution in [1.82, 2.24) is 10.3 Å². The lowest BCUT2D eigenvalue weighted by molar-refractivity contribution is -0.126. The molecule has 0 bridgehead atoms. The van der Waals surface area contributed by atoms with E-state index in [0.29, 0.717) is 0 Å². The smallest absolute Gasteiger partial charge is 0.304 e. The molecule has 0 radical (unpaired) electrons. The van der Waals surface area contributed by atoms with Crippen molar-refractivity contribution in [2.75, 3.05) is 6.54 Å². The third-order valence-electron chi connectivity index (χ3n) is 1.84. The van der Waals surface area contributed by atoms with E-state index in [1.165, 1.54) is 17.5 Å². The minimum absolute atomic E-state index is 0.401. The van der Waals surface area contributed by atoms with E-state index in [0.717, 1.165) is 4.88 Å². The number of nitrogens with zero attached hydrogens (tertiary/aromatic N) is 1. The molecule has 0 aliphatic carbocycles. The Morgan fingerprint density at radius 1 is 1.53 bits per heavy atom. The fourth-order valence-corrected chi connectivity index (χ4v) is 1.56. The first-order valence-corrected chi connectivity index (χ1v) is 5.09. The molecule has 1 atom stereocenters. The van der Waals surface area contributed by atoms with Gasteiger partial charge in [-0.2, -0.15) is 8.78 Å². The molecule has 0 spiro atoms. The lowest BCUT2D eigenvalue weighted by Crippen LogP contribution is -2.39. The van der Waals surface area contributed by atoms with Gasteiger partial charge in [-0.1, -0.05) is 0 Å². The van der Waals surface area contributed by atoms with E-state index in [-0.39, 0.29) is 0 Å². The molecular formula is C8H10F4N2S. The number of rotatable bonds is 5. The first kappa shape index (κ1) is 12.4. The van der Waals surface area contributed by atoms with Crippen LogP contribution in [-0.4, -0.2) is 23.9 Å². The number of hydrogen-bond donors (Lipinski definition) is 1. The molecule has 0 aromatic carbocycles. The molecule has 0 saturated carbocycles. The molecule has 15 heavy (non-hydrogen) atoms. The third-order valence-corrected chi connectivity index (χ3v) is 2.80. The van der Waals surface area contributed by atoms with Crippen molar-refractivity contribution in [3.8, 4) is 0 Å². The van der Waals surface area contributed by atoms with Gasteiger partial charge < -0.3 is 5.32 Å². The fourth-order valence-electron chi connectivity index (χ4n) is 0.906. The van der Waals surface area contributed by atoms with Crippen LogP contribution in [0.4, 0.5) is 17.6 Å². The zero-order valence-electron chi connectivity index (χ0n) is 7.88. The summed E-state index contributed by atoms with van der Waals surface area (Å²) in [5.74, 6) is -3.99. The highest BCUT2D eigenvalue weighted by molar-refractivity contribution is 7.09. The quantitative estimate of drug-likeness (QED) is 0.803. The van der Waals surface area contributed by atoms with Crippen LogP contribution in [0.2, 0.25) is 0 Å². The first-order valence-electron chi connectivity index (χ1n) is 4.21. The summed E-state index contributed by atoms with van der Waals surface area (Å²) in [7, 11) is 0. The Hall–Kier alpha value is -0.690. The summed E-state index contributed by atoms with van der Waals surface area (Å²) in [6.45, 7) is 0.582. The van der Waals surface area contributed by atoms with E-state index in [9.17, 15) is 17.6 Å². The lowest BCUT2D eigenvalue weighted by atomic mass is 10.2. The SMILES string of the molecule is CC(NCC(F)(F)C(F)F)c1cncs1. The molecule has 1 unspecified atom stereocenters. The average Bonchev–Trinajstić information content (AvgIpc) is 2.66. The van der Waals surface area contributed by atoms with Crippen molar-refractivity contribution in [2.45, 2.75) is 25.3 Å². The maximum absolute atomic E-state index is 12.5. The minimum atomic E-state index is -3.99. The highest BCUT2D eigenvalue weighted by Crippen LogP contribution is 2.23. The van der Waals surface area contributed by atoms with Gasteiger partial charge in [0.15, 0.2) is 0 Å². The number of nitrogens with one attached hydrogen (secondary N) is 1. The maximum Gasteiger partial charge on any atom is 0.319 e. The number of alkyl halides is 4. The van der Waals surface area contributed by atoms with E-state index in [1.807, 2.05) is 0 Å². The largest absolute Gasteiger partial charge is 0.319 e. The molecule has 0 saturated heterocycles. The van der Waals surface area contributed by atoms with Crippen LogP contribution in [0.15, 0.2) is 11.7 Å². The molecule has 1 rings (SSSR count). The second kappa shape index (κ2) is 4.89. The molecule has 1 aromatic rings. The predicted molar refractivity (Wildman–Crippen MR) is 49.5 cm³/mol. The predicted octanol–water partition coefficient (Wildman–Crippen LogP) is 2.69. The van der Waals surface area contributed by atoms with Gasteiger partial charge in [0.05, 0.1) is 12.1 Å². The zero-order chi connectivity index (χ0) is 11.5. The van der Waals surface area contributed by atoms with Gasteiger partial charge in [0.1, 0.15) is 0 Å². The van der Waals surface area contributed by atoms with Crippen LogP contribution >= 0.6 is 11.3 Å². The molecule has 0 aliphatic rings. The molecular weight excluding hydrogens is 232 g/mol. The number of hydrogen-bond acceptors (Lipinski definition) is 3. The molecule has 0 fully saturated rings. The lowest BCUT2D eigenvalue weighted by Gasteiger charge is -2.18. The topological polar surface area (TPSA) is 24.9 Å². The summed E-state index contributed by atoms with van der Waals surface area (Å²) in [5.41, 5.74) is 1.55. The number of aromatic nitrogens is 1. The summed E-state index contributed by atoms with van der Waals surface area (Å²) >= 11 is 1.28. The monoisotopic (exact) mass is 242 g/mol. The second-order valence-corrected chi connectivity index (χ2v) is 3.99. The van der Waals surface area contributed by atoms with Crippen molar-refractivity contribution in [1.29, 1.82) is 0 Å². The molecule has 2 nitrogen and oxygen atoms in total. The van der Waals surface area contributed by atoms with Gasteiger partial charge in [-0.25, -0.2) is 8.78 Å².